The number of benzene rings is 4. The fraction of sp³-hybridized carbons (Fsp3) is 0.262. The van der Waals surface area contributed by atoms with Crippen LogP contribution in [0.3, 0.4) is 0 Å². The van der Waals surface area contributed by atoms with Crippen molar-refractivity contribution in [3.05, 3.63) is 117 Å². The maximum absolute atomic E-state index is 15.5. The summed E-state index contributed by atoms with van der Waals surface area (Å²) in [6.07, 6.45) is 1.98. The number of hydrogen-bond donors (Lipinski definition) is 3. The number of methoxy groups -OCH3 is 3. The second kappa shape index (κ2) is 14.2. The molecule has 2 heterocycles. The Kier molecular flexibility index (Phi) is 9.40. The number of nitrogens with one attached hydrogen (secondary N) is 1. The molecule has 6 atom stereocenters. The molecule has 3 fully saturated rings. The van der Waals surface area contributed by atoms with E-state index in [0.29, 0.717) is 27.5 Å². The Labute approximate surface area is 336 Å². The van der Waals surface area contributed by atoms with Crippen molar-refractivity contribution in [1.29, 1.82) is 0 Å². The number of phenolic OH excluding ortho intramolecular Hbond substituents is 1. The van der Waals surface area contributed by atoms with E-state index < -0.39 is 64.6 Å². The molecule has 0 bridgehead atoms. The monoisotopic (exact) mass is 811 g/mol. The number of phenols is 1. The van der Waals surface area contributed by atoms with Crippen LogP contribution >= 0.6 is 23.2 Å². The Morgan fingerprint density at radius 3 is 2.18 bits per heavy atom. The molecule has 0 spiro atoms. The van der Waals surface area contributed by atoms with Gasteiger partial charge in [0.15, 0.2) is 11.5 Å². The lowest BCUT2D eigenvalue weighted by Crippen LogP contribution is -2.53. The predicted molar refractivity (Wildman–Crippen MR) is 208 cm³/mol. The van der Waals surface area contributed by atoms with Crippen LogP contribution in [0.4, 0.5) is 11.4 Å². The average Bonchev–Trinajstić information content (AvgIpc) is 3.59. The smallest absolute Gasteiger partial charge is 0.335 e. The van der Waals surface area contributed by atoms with Gasteiger partial charge in [-0.05, 0) is 90.6 Å². The maximum atomic E-state index is 15.5. The number of carboxylic acid groups (broad SMARTS) is 1. The highest BCUT2D eigenvalue weighted by Gasteiger charge is 2.70. The number of rotatable bonds is 9. The summed E-state index contributed by atoms with van der Waals surface area (Å²) in [7, 11) is 4.25. The minimum Gasteiger partial charge on any atom is -0.502 e. The summed E-state index contributed by atoms with van der Waals surface area (Å²) in [5.74, 6) is -7.81. The average molecular weight is 813 g/mol. The second-order valence-electron chi connectivity index (χ2n) is 14.4. The van der Waals surface area contributed by atoms with Gasteiger partial charge >= 0.3 is 5.97 Å². The minimum absolute atomic E-state index is 0.0129. The molecule has 2 aliphatic carbocycles. The third kappa shape index (κ3) is 5.70. The van der Waals surface area contributed by atoms with Crippen molar-refractivity contribution in [3.8, 4) is 23.0 Å². The number of nitrogens with zero attached hydrogens (tertiary/aromatic N) is 2. The number of imide groups is 2. The number of fused-ring (bicyclic) bond motifs is 4. The number of amides is 4. The number of carboxylic acids is 1. The zero-order chi connectivity index (χ0) is 40.5. The van der Waals surface area contributed by atoms with Crippen molar-refractivity contribution in [2.45, 2.75) is 24.2 Å². The summed E-state index contributed by atoms with van der Waals surface area (Å²) in [4.78, 5) is 72.3. The Balaban J connectivity index is 1.35. The molecule has 0 aromatic heterocycles. The van der Waals surface area contributed by atoms with E-state index in [1.54, 1.807) is 48.5 Å². The second-order valence-corrected chi connectivity index (χ2v) is 15.2. The molecule has 4 aliphatic rings. The first-order valence-electron chi connectivity index (χ1n) is 18.0. The lowest BCUT2D eigenvalue weighted by molar-refractivity contribution is -0.138. The number of ether oxygens (including phenoxy) is 3. The summed E-state index contributed by atoms with van der Waals surface area (Å²) in [5.41, 5.74) is 3.08. The molecule has 4 amide bonds. The number of aromatic hydroxyl groups is 1. The lowest BCUT2D eigenvalue weighted by atomic mass is 9.49. The first kappa shape index (κ1) is 37.9. The molecule has 57 heavy (non-hydrogen) atoms. The summed E-state index contributed by atoms with van der Waals surface area (Å²) >= 11 is 12.7. The molecule has 1 saturated carbocycles. The van der Waals surface area contributed by atoms with Crippen LogP contribution in [0, 0.1) is 23.7 Å². The van der Waals surface area contributed by atoms with Gasteiger partial charge in [-0.2, -0.15) is 5.01 Å². The molecule has 13 nitrogen and oxygen atoms in total. The minimum atomic E-state index is -1.68. The Bertz CT molecular complexity index is 2390. The van der Waals surface area contributed by atoms with Crippen molar-refractivity contribution in [2.24, 2.45) is 23.7 Å². The molecule has 8 rings (SSSR count). The van der Waals surface area contributed by atoms with Gasteiger partial charge in [0.05, 0.1) is 66.5 Å². The van der Waals surface area contributed by atoms with E-state index in [2.05, 4.69) is 5.43 Å². The van der Waals surface area contributed by atoms with E-state index in [1.807, 2.05) is 6.08 Å². The van der Waals surface area contributed by atoms with Gasteiger partial charge < -0.3 is 24.4 Å². The molecule has 4 aromatic carbocycles. The van der Waals surface area contributed by atoms with Crippen molar-refractivity contribution < 1.29 is 48.4 Å². The standard InChI is InChI=1S/C42H35Cl2N3O10/c1-55-25-10-7-22(8-11-25)42-29(38(50)47(41(42)54)45-31-14-9-23(43)18-30(31)44)19-28-26(35(42)21-16-32(56-2)36(48)33(17-21)57-3)12-13-27-34(28)39(51)46(37(27)49)24-6-4-5-20(15-24)40(52)53/h4-12,14-18,27-29,34-35,45,48H,13,19H2,1-3H3,(H,52,53). The molecule has 292 valence electrons. The summed E-state index contributed by atoms with van der Waals surface area (Å²) in [6.45, 7) is 0. The van der Waals surface area contributed by atoms with Crippen LogP contribution in [-0.2, 0) is 24.6 Å². The number of carbonyl (C=O) groups excluding carboxylic acids is 4. The summed E-state index contributed by atoms with van der Waals surface area (Å²) < 4.78 is 16.6. The Morgan fingerprint density at radius 2 is 1.54 bits per heavy atom. The van der Waals surface area contributed by atoms with Crippen LogP contribution in [0.1, 0.15) is 40.2 Å². The Hall–Kier alpha value is -6.05. The highest BCUT2D eigenvalue weighted by Crippen LogP contribution is 2.65. The lowest BCUT2D eigenvalue weighted by Gasteiger charge is -2.50. The number of anilines is 2. The predicted octanol–water partition coefficient (Wildman–Crippen LogP) is 6.61. The molecule has 2 aliphatic heterocycles. The van der Waals surface area contributed by atoms with Gasteiger partial charge in [-0.1, -0.05) is 53.1 Å². The van der Waals surface area contributed by atoms with E-state index in [-0.39, 0.29) is 52.1 Å². The van der Waals surface area contributed by atoms with Crippen LogP contribution in [-0.4, -0.2) is 66.1 Å². The third-order valence-electron chi connectivity index (χ3n) is 11.8. The fourth-order valence-electron chi connectivity index (χ4n) is 9.33. The first-order valence-corrected chi connectivity index (χ1v) is 18.7. The van der Waals surface area contributed by atoms with Crippen LogP contribution in [0.2, 0.25) is 10.0 Å². The van der Waals surface area contributed by atoms with E-state index in [4.69, 9.17) is 37.4 Å². The molecule has 3 N–H and O–H groups in total. The molecular weight excluding hydrogens is 777 g/mol. The summed E-state index contributed by atoms with van der Waals surface area (Å²) in [6, 6.07) is 20.2. The Morgan fingerprint density at radius 1 is 0.842 bits per heavy atom. The van der Waals surface area contributed by atoms with Crippen LogP contribution in [0.5, 0.6) is 23.0 Å². The van der Waals surface area contributed by atoms with Crippen molar-refractivity contribution in [2.75, 3.05) is 31.7 Å². The van der Waals surface area contributed by atoms with Gasteiger partial charge in [0.25, 0.3) is 11.8 Å². The number of hydrogen-bond acceptors (Lipinski definition) is 10. The molecule has 0 radical (unpaired) electrons. The van der Waals surface area contributed by atoms with Crippen LogP contribution in [0.25, 0.3) is 0 Å². The van der Waals surface area contributed by atoms with Crippen LogP contribution in [0.15, 0.2) is 90.5 Å². The van der Waals surface area contributed by atoms with Gasteiger partial charge in [-0.3, -0.25) is 29.5 Å². The topological polar surface area (TPSA) is 172 Å². The molecule has 4 aromatic rings. The van der Waals surface area contributed by atoms with E-state index >= 15 is 9.59 Å². The van der Waals surface area contributed by atoms with E-state index in [1.165, 1.54) is 51.7 Å². The number of carbonyl (C=O) groups is 5. The van der Waals surface area contributed by atoms with Crippen molar-refractivity contribution in [3.63, 3.8) is 0 Å². The highest BCUT2D eigenvalue weighted by atomic mass is 35.5. The number of allylic oxidation sites excluding steroid dienone is 2. The number of halogens is 2. The number of hydrazine groups is 1. The largest absolute Gasteiger partial charge is 0.502 e. The zero-order valence-electron chi connectivity index (χ0n) is 30.7. The molecule has 6 unspecified atom stereocenters. The third-order valence-corrected chi connectivity index (χ3v) is 12.3. The SMILES string of the molecule is COc1ccc(C23C(=O)N(Nc4ccc(Cl)cc4Cl)C(=O)C2CC2C(=CCC4C(=O)N(c5cccc(C(=O)O)c5)C(=O)C42)C3c2cc(OC)c(O)c(OC)c2)cc1. The van der Waals surface area contributed by atoms with Crippen molar-refractivity contribution in [1.82, 2.24) is 5.01 Å². The number of aromatic carboxylic acids is 1. The van der Waals surface area contributed by atoms with Gasteiger partial charge in [-0.25, -0.2) is 4.79 Å². The molecule has 2 saturated heterocycles. The van der Waals surface area contributed by atoms with Crippen molar-refractivity contribution >= 4 is 64.2 Å². The van der Waals surface area contributed by atoms with Crippen LogP contribution < -0.4 is 24.5 Å². The maximum Gasteiger partial charge on any atom is 0.335 e. The highest BCUT2D eigenvalue weighted by molar-refractivity contribution is 6.36. The normalized spacial score (nSPS) is 25.1. The molecule has 15 heteroatoms. The van der Waals surface area contributed by atoms with Gasteiger partial charge in [0.2, 0.25) is 17.6 Å². The van der Waals surface area contributed by atoms with Gasteiger partial charge in [-0.15, -0.1) is 0 Å². The molecular formula is C42H35Cl2N3O10. The van der Waals surface area contributed by atoms with Gasteiger partial charge in [0.1, 0.15) is 5.75 Å². The zero-order valence-corrected chi connectivity index (χ0v) is 32.2. The van der Waals surface area contributed by atoms with E-state index in [9.17, 15) is 24.6 Å². The quantitative estimate of drug-likeness (QED) is 0.123. The summed E-state index contributed by atoms with van der Waals surface area (Å²) in [5, 5.41) is 22.2. The van der Waals surface area contributed by atoms with Gasteiger partial charge in [0, 0.05) is 10.9 Å². The fourth-order valence-corrected chi connectivity index (χ4v) is 9.78. The first-order chi connectivity index (χ1) is 27.3. The van der Waals surface area contributed by atoms with E-state index in [0.717, 1.165) is 9.91 Å².